The van der Waals surface area contributed by atoms with Crippen LogP contribution in [-0.2, 0) is 13.5 Å². The monoisotopic (exact) mass is 223 g/mol. The number of nitrogens with two attached hydrogens (primary N) is 1. The van der Waals surface area contributed by atoms with Crippen LogP contribution in [0.5, 0.6) is 0 Å². The van der Waals surface area contributed by atoms with Crippen molar-refractivity contribution in [3.63, 3.8) is 0 Å². The number of anilines is 1. The van der Waals surface area contributed by atoms with E-state index in [1.165, 1.54) is 0 Å². The first kappa shape index (κ1) is 12.5. The lowest BCUT2D eigenvalue weighted by Crippen LogP contribution is -2.27. The van der Waals surface area contributed by atoms with Gasteiger partial charge in [0.2, 0.25) is 0 Å². The minimum atomic E-state index is -0.175. The molecule has 0 bridgehead atoms. The minimum Gasteiger partial charge on any atom is -0.370 e. The van der Waals surface area contributed by atoms with Crippen molar-refractivity contribution in [3.8, 4) is 0 Å². The number of nitrogens with zero attached hydrogens (tertiary/aromatic N) is 3. The van der Waals surface area contributed by atoms with Crippen molar-refractivity contribution >= 4 is 11.6 Å². The van der Waals surface area contributed by atoms with E-state index in [4.69, 9.17) is 5.73 Å². The van der Waals surface area contributed by atoms with Crippen LogP contribution >= 0.6 is 0 Å². The van der Waals surface area contributed by atoms with E-state index in [-0.39, 0.29) is 5.54 Å². The average Bonchev–Trinajstić information content (AvgIpc) is 2.42. The summed E-state index contributed by atoms with van der Waals surface area (Å²) in [6.07, 6.45) is 2.77. The predicted octanol–water partition coefficient (Wildman–Crippen LogP) is 1.51. The molecule has 16 heavy (non-hydrogen) atoms. The smallest absolute Gasteiger partial charge is 0.193 e. The first-order valence-electron chi connectivity index (χ1n) is 5.46. The van der Waals surface area contributed by atoms with Crippen molar-refractivity contribution in [2.45, 2.75) is 39.7 Å². The van der Waals surface area contributed by atoms with Gasteiger partial charge >= 0.3 is 0 Å². The molecule has 5 nitrogen and oxygen atoms in total. The lowest BCUT2D eigenvalue weighted by Gasteiger charge is -2.14. The molecule has 0 saturated carbocycles. The number of hydrogen-bond donors (Lipinski definition) is 2. The zero-order valence-electron chi connectivity index (χ0n) is 10.7. The normalized spacial score (nSPS) is 12.9. The third kappa shape index (κ3) is 3.56. The van der Waals surface area contributed by atoms with Gasteiger partial charge in [-0.1, -0.05) is 6.92 Å². The lowest BCUT2D eigenvalue weighted by molar-refractivity contribution is 0.583. The molecule has 1 heterocycles. The maximum Gasteiger partial charge on any atom is 0.193 e. The highest BCUT2D eigenvalue weighted by molar-refractivity contribution is 5.92. The van der Waals surface area contributed by atoms with E-state index in [1.54, 1.807) is 4.68 Å². The van der Waals surface area contributed by atoms with Crippen LogP contribution in [0.25, 0.3) is 0 Å². The fourth-order valence-corrected chi connectivity index (χ4v) is 1.43. The molecule has 0 aliphatic carbocycles. The third-order valence-corrected chi connectivity index (χ3v) is 1.96. The van der Waals surface area contributed by atoms with Crippen molar-refractivity contribution in [2.24, 2.45) is 17.8 Å². The maximum absolute atomic E-state index is 5.83. The molecule has 0 aliphatic heterocycles. The Morgan fingerprint density at radius 1 is 1.56 bits per heavy atom. The molecule has 1 rings (SSSR count). The second-order valence-corrected chi connectivity index (χ2v) is 4.81. The summed E-state index contributed by atoms with van der Waals surface area (Å²) in [4.78, 5) is 4.34. The lowest BCUT2D eigenvalue weighted by atomic mass is 10.1. The van der Waals surface area contributed by atoms with Gasteiger partial charge in [0.1, 0.15) is 0 Å². The molecule has 0 fully saturated rings. The molecular weight excluding hydrogens is 202 g/mol. The molecule has 1 aromatic heterocycles. The number of rotatable bonds is 2. The fourth-order valence-electron chi connectivity index (χ4n) is 1.43. The van der Waals surface area contributed by atoms with Crippen LogP contribution in [0.2, 0.25) is 0 Å². The Hall–Kier alpha value is -1.52. The first-order chi connectivity index (χ1) is 7.31. The van der Waals surface area contributed by atoms with Crippen molar-refractivity contribution in [2.75, 3.05) is 5.32 Å². The second-order valence-electron chi connectivity index (χ2n) is 4.81. The fraction of sp³-hybridized carbons (Fsp3) is 0.636. The van der Waals surface area contributed by atoms with Crippen molar-refractivity contribution in [1.29, 1.82) is 0 Å². The van der Waals surface area contributed by atoms with Crippen molar-refractivity contribution in [1.82, 2.24) is 9.78 Å². The number of hydrogen-bond acceptors (Lipinski definition) is 2. The molecule has 5 heteroatoms. The van der Waals surface area contributed by atoms with E-state index in [0.717, 1.165) is 17.8 Å². The topological polar surface area (TPSA) is 68.2 Å². The van der Waals surface area contributed by atoms with Gasteiger partial charge in [0.05, 0.1) is 16.9 Å². The van der Waals surface area contributed by atoms with Crippen LogP contribution in [0.1, 0.15) is 33.4 Å². The van der Waals surface area contributed by atoms with Gasteiger partial charge in [0.15, 0.2) is 5.96 Å². The van der Waals surface area contributed by atoms with Crippen molar-refractivity contribution < 1.29 is 0 Å². The Labute approximate surface area is 96.7 Å². The summed E-state index contributed by atoms with van der Waals surface area (Å²) in [5.74, 6) is 0.426. The zero-order valence-corrected chi connectivity index (χ0v) is 10.7. The summed E-state index contributed by atoms with van der Waals surface area (Å²) in [6.45, 7) is 8.08. The number of nitrogens with one attached hydrogen (secondary N) is 1. The summed E-state index contributed by atoms with van der Waals surface area (Å²) in [5, 5.41) is 7.41. The molecule has 0 atom stereocenters. The molecule has 0 radical (unpaired) electrons. The first-order valence-corrected chi connectivity index (χ1v) is 5.46. The predicted molar refractivity (Wildman–Crippen MR) is 67.6 cm³/mol. The van der Waals surface area contributed by atoms with Crippen LogP contribution in [-0.4, -0.2) is 21.3 Å². The quantitative estimate of drug-likeness (QED) is 0.590. The molecular formula is C11H21N5. The average molecular weight is 223 g/mol. The van der Waals surface area contributed by atoms with Gasteiger partial charge in [-0.3, -0.25) is 4.68 Å². The summed E-state index contributed by atoms with van der Waals surface area (Å²) >= 11 is 0. The molecule has 0 aliphatic rings. The summed E-state index contributed by atoms with van der Waals surface area (Å²) in [5.41, 5.74) is 7.57. The molecule has 0 spiro atoms. The number of aromatic nitrogens is 2. The minimum absolute atomic E-state index is 0.175. The van der Waals surface area contributed by atoms with Crippen LogP contribution in [0.4, 0.5) is 5.69 Å². The Balaban J connectivity index is 2.84. The molecule has 0 aromatic carbocycles. The summed E-state index contributed by atoms with van der Waals surface area (Å²) in [6, 6.07) is 0. The standard InChI is InChI=1S/C11H21N5/c1-6-8-9(7-16(5)15-8)13-10(12)14-11(2,3)4/h7H,6H2,1-5H3,(H3,12,13,14). The summed E-state index contributed by atoms with van der Waals surface area (Å²) < 4.78 is 1.77. The van der Waals surface area contributed by atoms with Crippen LogP contribution in [0.15, 0.2) is 11.2 Å². The highest BCUT2D eigenvalue weighted by Gasteiger charge is 2.10. The number of aliphatic imine (C=N–C) groups is 1. The van der Waals surface area contributed by atoms with E-state index < -0.39 is 0 Å². The molecule has 3 N–H and O–H groups in total. The maximum atomic E-state index is 5.83. The number of aryl methyl sites for hydroxylation is 2. The highest BCUT2D eigenvalue weighted by atomic mass is 15.3. The van der Waals surface area contributed by atoms with Gasteiger partial charge in [-0.25, -0.2) is 4.99 Å². The van der Waals surface area contributed by atoms with Crippen LogP contribution in [0, 0.1) is 0 Å². The van der Waals surface area contributed by atoms with Gasteiger partial charge in [-0.05, 0) is 27.2 Å². The number of guanidine groups is 1. The SMILES string of the molecule is CCc1nn(C)cc1NC(N)=NC(C)(C)C. The van der Waals surface area contributed by atoms with Gasteiger partial charge in [0.25, 0.3) is 0 Å². The molecule has 0 unspecified atom stereocenters. The second kappa shape index (κ2) is 4.55. The molecule has 90 valence electrons. The van der Waals surface area contributed by atoms with E-state index in [9.17, 15) is 0 Å². The largest absolute Gasteiger partial charge is 0.370 e. The van der Waals surface area contributed by atoms with E-state index in [1.807, 2.05) is 34.0 Å². The Bertz CT molecular complexity index is 384. The van der Waals surface area contributed by atoms with E-state index >= 15 is 0 Å². The van der Waals surface area contributed by atoms with Gasteiger partial charge in [0, 0.05) is 13.2 Å². The molecule has 1 aromatic rings. The van der Waals surface area contributed by atoms with Crippen molar-refractivity contribution in [3.05, 3.63) is 11.9 Å². The van der Waals surface area contributed by atoms with Crippen LogP contribution < -0.4 is 11.1 Å². The summed E-state index contributed by atoms with van der Waals surface area (Å²) in [7, 11) is 1.89. The van der Waals surface area contributed by atoms with E-state index in [0.29, 0.717) is 5.96 Å². The zero-order chi connectivity index (χ0) is 12.3. The third-order valence-electron chi connectivity index (χ3n) is 1.96. The van der Waals surface area contributed by atoms with E-state index in [2.05, 4.69) is 22.3 Å². The highest BCUT2D eigenvalue weighted by Crippen LogP contribution is 2.14. The molecule has 0 amide bonds. The van der Waals surface area contributed by atoms with Gasteiger partial charge in [-0.15, -0.1) is 0 Å². The Morgan fingerprint density at radius 2 is 2.19 bits per heavy atom. The Morgan fingerprint density at radius 3 is 2.69 bits per heavy atom. The van der Waals surface area contributed by atoms with Gasteiger partial charge in [-0.2, -0.15) is 5.10 Å². The van der Waals surface area contributed by atoms with Crippen LogP contribution in [0.3, 0.4) is 0 Å². The molecule has 0 saturated heterocycles. The Kier molecular flexibility index (Phi) is 3.57. The van der Waals surface area contributed by atoms with Gasteiger partial charge < -0.3 is 11.1 Å².